The van der Waals surface area contributed by atoms with Gasteiger partial charge in [-0.3, -0.25) is 0 Å². The van der Waals surface area contributed by atoms with E-state index >= 15 is 0 Å². The van der Waals surface area contributed by atoms with E-state index in [9.17, 15) is 0 Å². The molecular formula is C21H32. The minimum absolute atomic E-state index is 0.701. The molecule has 0 heterocycles. The summed E-state index contributed by atoms with van der Waals surface area (Å²) in [5.74, 6) is 18.8. The SMILES string of the molecule is CCCCCCC#CCC#CCC#CCCCCCCC. The van der Waals surface area contributed by atoms with Gasteiger partial charge in [0.1, 0.15) is 0 Å². The molecule has 21 heavy (non-hydrogen) atoms. The van der Waals surface area contributed by atoms with E-state index in [1.165, 1.54) is 57.8 Å². The molecule has 0 aromatic carbocycles. The van der Waals surface area contributed by atoms with Crippen LogP contribution in [0.25, 0.3) is 0 Å². The molecule has 0 aliphatic carbocycles. The van der Waals surface area contributed by atoms with Crippen molar-refractivity contribution in [2.24, 2.45) is 0 Å². The summed E-state index contributed by atoms with van der Waals surface area (Å²) in [7, 11) is 0. The van der Waals surface area contributed by atoms with Gasteiger partial charge < -0.3 is 0 Å². The van der Waals surface area contributed by atoms with Crippen molar-refractivity contribution in [1.29, 1.82) is 0 Å². The Morgan fingerprint density at radius 3 is 1.29 bits per heavy atom. The Labute approximate surface area is 133 Å². The molecule has 0 nitrogen and oxygen atoms in total. The molecule has 0 heteroatoms. The van der Waals surface area contributed by atoms with E-state index in [2.05, 4.69) is 49.4 Å². The molecule has 0 atom stereocenters. The lowest BCUT2D eigenvalue weighted by atomic mass is 10.1. The Morgan fingerprint density at radius 1 is 0.429 bits per heavy atom. The van der Waals surface area contributed by atoms with Crippen LogP contribution in [0.1, 0.15) is 97.3 Å². The monoisotopic (exact) mass is 284 g/mol. The lowest BCUT2D eigenvalue weighted by molar-refractivity contribution is 0.641. The minimum Gasteiger partial charge on any atom is -0.102 e. The molecule has 0 saturated heterocycles. The molecule has 0 fully saturated rings. The van der Waals surface area contributed by atoms with Crippen molar-refractivity contribution in [3.8, 4) is 35.5 Å². The fourth-order valence-electron chi connectivity index (χ4n) is 1.97. The highest BCUT2D eigenvalue weighted by atomic mass is 13.9. The molecule has 116 valence electrons. The second-order valence-electron chi connectivity index (χ2n) is 5.39. The summed E-state index contributed by atoms with van der Waals surface area (Å²) < 4.78 is 0. The first-order valence-corrected chi connectivity index (χ1v) is 8.79. The summed E-state index contributed by atoms with van der Waals surface area (Å²) >= 11 is 0. The van der Waals surface area contributed by atoms with Crippen LogP contribution in [0.2, 0.25) is 0 Å². The van der Waals surface area contributed by atoms with Crippen molar-refractivity contribution in [3.05, 3.63) is 0 Å². The van der Waals surface area contributed by atoms with Crippen LogP contribution in [0.4, 0.5) is 0 Å². The van der Waals surface area contributed by atoms with Crippen LogP contribution in [0, 0.1) is 35.5 Å². The fourth-order valence-corrected chi connectivity index (χ4v) is 1.97. The summed E-state index contributed by atoms with van der Waals surface area (Å²) in [6.45, 7) is 4.48. The van der Waals surface area contributed by atoms with Gasteiger partial charge in [-0.1, -0.05) is 82.5 Å². The molecule has 0 radical (unpaired) electrons. The first kappa shape index (κ1) is 19.7. The summed E-state index contributed by atoms with van der Waals surface area (Å²) in [4.78, 5) is 0. The van der Waals surface area contributed by atoms with Gasteiger partial charge >= 0.3 is 0 Å². The van der Waals surface area contributed by atoms with Gasteiger partial charge in [-0.2, -0.15) is 0 Å². The molecule has 0 spiro atoms. The molecule has 0 bridgehead atoms. The lowest BCUT2D eigenvalue weighted by Crippen LogP contribution is -1.76. The van der Waals surface area contributed by atoms with Gasteiger partial charge in [0.15, 0.2) is 0 Å². The van der Waals surface area contributed by atoms with Crippen molar-refractivity contribution in [1.82, 2.24) is 0 Å². The highest BCUT2D eigenvalue weighted by Gasteiger charge is 1.85. The van der Waals surface area contributed by atoms with Gasteiger partial charge in [0.25, 0.3) is 0 Å². The van der Waals surface area contributed by atoms with E-state index in [1.807, 2.05) is 0 Å². The first-order valence-electron chi connectivity index (χ1n) is 8.79. The van der Waals surface area contributed by atoms with Crippen LogP contribution in [0.5, 0.6) is 0 Å². The van der Waals surface area contributed by atoms with E-state index in [4.69, 9.17) is 0 Å². The largest absolute Gasteiger partial charge is 0.102 e. The second-order valence-corrected chi connectivity index (χ2v) is 5.39. The van der Waals surface area contributed by atoms with E-state index < -0.39 is 0 Å². The predicted octanol–water partition coefficient (Wildman–Crippen LogP) is 6.11. The van der Waals surface area contributed by atoms with Crippen LogP contribution in [0.15, 0.2) is 0 Å². The van der Waals surface area contributed by atoms with Gasteiger partial charge in [0, 0.05) is 12.8 Å². The maximum atomic E-state index is 3.20. The highest BCUT2D eigenvalue weighted by Crippen LogP contribution is 2.03. The summed E-state index contributed by atoms with van der Waals surface area (Å²) in [6.07, 6.45) is 15.2. The molecule has 0 aliphatic heterocycles. The van der Waals surface area contributed by atoms with Crippen molar-refractivity contribution in [3.63, 3.8) is 0 Å². The molecule has 0 N–H and O–H groups in total. The van der Waals surface area contributed by atoms with Crippen LogP contribution in [-0.2, 0) is 0 Å². The molecule has 0 aromatic rings. The third-order valence-electron chi connectivity index (χ3n) is 3.29. The second kappa shape index (κ2) is 18.7. The Bertz CT molecular complexity index is 383. The normalized spacial score (nSPS) is 8.86. The fraction of sp³-hybridized carbons (Fsp3) is 0.714. The number of unbranched alkanes of at least 4 members (excludes halogenated alkanes) is 9. The Balaban J connectivity index is 3.39. The van der Waals surface area contributed by atoms with Gasteiger partial charge in [0.05, 0.1) is 12.8 Å². The van der Waals surface area contributed by atoms with Crippen molar-refractivity contribution < 1.29 is 0 Å². The molecule has 0 amide bonds. The van der Waals surface area contributed by atoms with Gasteiger partial charge in [-0.25, -0.2) is 0 Å². The molecule has 0 saturated carbocycles. The van der Waals surface area contributed by atoms with Gasteiger partial charge in [-0.05, 0) is 12.8 Å². The van der Waals surface area contributed by atoms with Gasteiger partial charge in [-0.15, -0.1) is 11.8 Å². The molecule has 0 unspecified atom stereocenters. The average molecular weight is 284 g/mol. The van der Waals surface area contributed by atoms with Crippen LogP contribution in [-0.4, -0.2) is 0 Å². The van der Waals surface area contributed by atoms with Gasteiger partial charge in [0.2, 0.25) is 0 Å². The van der Waals surface area contributed by atoms with E-state index in [0.717, 1.165) is 12.8 Å². The Morgan fingerprint density at radius 2 is 0.810 bits per heavy atom. The Hall–Kier alpha value is -1.32. The maximum Gasteiger partial charge on any atom is 0.0702 e. The zero-order valence-corrected chi connectivity index (χ0v) is 14.2. The van der Waals surface area contributed by atoms with E-state index in [-0.39, 0.29) is 0 Å². The van der Waals surface area contributed by atoms with E-state index in [0.29, 0.717) is 12.8 Å². The summed E-state index contributed by atoms with van der Waals surface area (Å²) in [5.41, 5.74) is 0. The summed E-state index contributed by atoms with van der Waals surface area (Å²) in [6, 6.07) is 0. The van der Waals surface area contributed by atoms with Crippen LogP contribution >= 0.6 is 0 Å². The van der Waals surface area contributed by atoms with Crippen molar-refractivity contribution in [2.45, 2.75) is 97.3 Å². The minimum atomic E-state index is 0.701. The highest BCUT2D eigenvalue weighted by molar-refractivity contribution is 5.16. The average Bonchev–Trinajstić information content (AvgIpc) is 2.50. The molecular weight excluding hydrogens is 252 g/mol. The third kappa shape index (κ3) is 18.7. The zero-order valence-electron chi connectivity index (χ0n) is 14.2. The summed E-state index contributed by atoms with van der Waals surface area (Å²) in [5, 5.41) is 0. The maximum absolute atomic E-state index is 3.20. The number of hydrogen-bond acceptors (Lipinski definition) is 0. The topological polar surface area (TPSA) is 0 Å². The number of hydrogen-bond donors (Lipinski definition) is 0. The molecule has 0 aromatic heterocycles. The Kier molecular flexibility index (Phi) is 17.5. The van der Waals surface area contributed by atoms with Crippen LogP contribution < -0.4 is 0 Å². The van der Waals surface area contributed by atoms with Crippen LogP contribution in [0.3, 0.4) is 0 Å². The predicted molar refractivity (Wildman–Crippen MR) is 94.7 cm³/mol. The zero-order chi connectivity index (χ0) is 15.4. The number of rotatable bonds is 9. The van der Waals surface area contributed by atoms with E-state index in [1.54, 1.807) is 0 Å². The first-order chi connectivity index (χ1) is 10.4. The molecule has 0 rings (SSSR count). The lowest BCUT2D eigenvalue weighted by Gasteiger charge is -1.94. The smallest absolute Gasteiger partial charge is 0.0702 e. The standard InChI is InChI=1S/C21H32/c1-3-5-7-9-11-13-15-17-19-21-20-18-16-14-12-10-8-6-4-2/h3-13,18-19H2,1-2H3. The molecule has 0 aliphatic rings. The van der Waals surface area contributed by atoms with Crippen molar-refractivity contribution in [2.75, 3.05) is 0 Å². The third-order valence-corrected chi connectivity index (χ3v) is 3.29. The quantitative estimate of drug-likeness (QED) is 0.354. The van der Waals surface area contributed by atoms with Crippen molar-refractivity contribution >= 4 is 0 Å².